The van der Waals surface area contributed by atoms with Gasteiger partial charge >= 0.3 is 6.29 Å². The van der Waals surface area contributed by atoms with Crippen LogP contribution in [0.2, 0.25) is 0 Å². The average molecular weight is 673 g/mol. The molecule has 47 heavy (non-hydrogen) atoms. The van der Waals surface area contributed by atoms with Crippen molar-refractivity contribution in [2.75, 3.05) is 21.3 Å². The van der Waals surface area contributed by atoms with Gasteiger partial charge in [-0.05, 0) is 58.1 Å². The van der Waals surface area contributed by atoms with Crippen LogP contribution < -0.4 is 39.6 Å². The average Bonchev–Trinajstić information content (AvgIpc) is 3.26. The molecule has 0 saturated carbocycles. The van der Waals surface area contributed by atoms with Gasteiger partial charge in [-0.15, -0.1) is 8.78 Å². The van der Waals surface area contributed by atoms with E-state index in [9.17, 15) is 8.78 Å². The maximum atomic E-state index is 16.5. The first-order chi connectivity index (χ1) is 21.3. The molecule has 9 heteroatoms. The molecule has 1 aliphatic heterocycles. The van der Waals surface area contributed by atoms with Gasteiger partial charge in [0.2, 0.25) is 5.75 Å². The highest BCUT2D eigenvalue weighted by Gasteiger charge is 2.47. The van der Waals surface area contributed by atoms with Gasteiger partial charge in [0.1, 0.15) is 11.5 Å². The molecule has 3 aromatic rings. The van der Waals surface area contributed by atoms with Gasteiger partial charge in [-0.1, -0.05) is 83.1 Å². The molecule has 258 valence electrons. The van der Waals surface area contributed by atoms with Crippen molar-refractivity contribution in [2.45, 2.75) is 111 Å². The fraction of sp³-hybridized carbons (Fsp3) is 0.526. The number of rotatable bonds is 6. The Morgan fingerprint density at radius 3 is 1.19 bits per heavy atom. The second-order valence-corrected chi connectivity index (χ2v) is 19.2. The van der Waals surface area contributed by atoms with E-state index in [4.69, 9.17) is 23.7 Å². The maximum absolute atomic E-state index is 16.5. The fourth-order valence-electron chi connectivity index (χ4n) is 6.05. The first-order valence-corrected chi connectivity index (χ1v) is 17.6. The zero-order valence-corrected chi connectivity index (χ0v) is 31.5. The van der Waals surface area contributed by atoms with Crippen LogP contribution in [0.15, 0.2) is 36.4 Å². The zero-order chi connectivity index (χ0) is 35.7. The van der Waals surface area contributed by atoms with Crippen LogP contribution in [0.3, 0.4) is 0 Å². The minimum Gasteiger partial charge on any atom is -0.496 e. The van der Waals surface area contributed by atoms with Crippen molar-refractivity contribution in [3.8, 4) is 28.7 Å². The molecule has 0 atom stereocenters. The summed E-state index contributed by atoms with van der Waals surface area (Å²) in [5, 5.41) is 1.33. The van der Waals surface area contributed by atoms with E-state index in [2.05, 4.69) is 83.1 Å². The van der Waals surface area contributed by atoms with Crippen molar-refractivity contribution in [3.63, 3.8) is 0 Å². The molecule has 0 unspecified atom stereocenters. The van der Waals surface area contributed by atoms with Gasteiger partial charge in [0.15, 0.2) is 18.6 Å². The molecular formula is C38H51F2O6P. The van der Waals surface area contributed by atoms with Gasteiger partial charge < -0.3 is 28.2 Å². The number of hydrogen-bond acceptors (Lipinski definition) is 6. The minimum atomic E-state index is -3.91. The molecule has 1 heterocycles. The van der Waals surface area contributed by atoms with E-state index in [0.29, 0.717) is 10.6 Å². The Labute approximate surface area is 279 Å². The summed E-state index contributed by atoms with van der Waals surface area (Å²) in [7, 11) is 0.747. The summed E-state index contributed by atoms with van der Waals surface area (Å²) < 4.78 is 72.8. The predicted molar refractivity (Wildman–Crippen MR) is 186 cm³/mol. The predicted octanol–water partition coefficient (Wildman–Crippen LogP) is 8.86. The fourth-order valence-corrected chi connectivity index (χ4v) is 8.78. The number of alkyl halides is 2. The molecule has 1 aliphatic rings. The van der Waals surface area contributed by atoms with Crippen LogP contribution in [-0.4, -0.2) is 27.6 Å². The Morgan fingerprint density at radius 1 is 0.553 bits per heavy atom. The van der Waals surface area contributed by atoms with Crippen molar-refractivity contribution < 1.29 is 37.0 Å². The number of halogens is 2. The van der Waals surface area contributed by atoms with Gasteiger partial charge in [-0.2, -0.15) is 0 Å². The Balaban J connectivity index is 2.29. The number of ether oxygens (including phenoxy) is 5. The molecule has 0 saturated heterocycles. The molecule has 6 nitrogen and oxygen atoms in total. The standard InChI is InChI=1S/C38H51F2O6P/c1-34(2,3)25-16-22(17-26(31(25)43-14)35(4,5)6)47(41,24-20-29(42-13)33-30(21-24)45-38(39,40)46-33)23-18-27(36(7,8)9)32(44-15)28(19-23)37(10,11)12/h16-21H,1-15H3. The molecule has 0 radical (unpaired) electrons. The molecule has 0 N–H and O–H groups in total. The topological polar surface area (TPSA) is 63.2 Å². The molecule has 3 aromatic carbocycles. The number of hydrogen-bond donors (Lipinski definition) is 0. The van der Waals surface area contributed by atoms with Gasteiger partial charge in [-0.3, -0.25) is 0 Å². The highest BCUT2D eigenvalue weighted by Crippen LogP contribution is 2.54. The van der Waals surface area contributed by atoms with Crippen molar-refractivity contribution in [1.82, 2.24) is 0 Å². The van der Waals surface area contributed by atoms with Gasteiger partial charge in [-0.25, -0.2) is 0 Å². The first kappa shape index (κ1) is 36.6. The highest BCUT2D eigenvalue weighted by atomic mass is 31.2. The molecule has 0 aromatic heterocycles. The smallest absolute Gasteiger partial charge is 0.496 e. The summed E-state index contributed by atoms with van der Waals surface area (Å²) in [6.45, 7) is 25.0. The van der Waals surface area contributed by atoms with E-state index in [0.717, 1.165) is 33.8 Å². The number of methoxy groups -OCH3 is 3. The molecule has 0 fully saturated rings. The summed E-state index contributed by atoms with van der Waals surface area (Å²) in [6.07, 6.45) is -3.89. The molecular weight excluding hydrogens is 621 g/mol. The highest BCUT2D eigenvalue weighted by molar-refractivity contribution is 7.85. The van der Waals surface area contributed by atoms with E-state index in [1.165, 1.54) is 19.2 Å². The molecule has 4 rings (SSSR count). The lowest BCUT2D eigenvalue weighted by Crippen LogP contribution is -2.31. The Morgan fingerprint density at radius 2 is 0.894 bits per heavy atom. The first-order valence-electron chi connectivity index (χ1n) is 15.8. The summed E-state index contributed by atoms with van der Waals surface area (Å²) >= 11 is 0. The zero-order valence-electron chi connectivity index (χ0n) is 30.6. The largest absolute Gasteiger partial charge is 0.586 e. The van der Waals surface area contributed by atoms with E-state index >= 15 is 4.57 Å². The summed E-state index contributed by atoms with van der Waals surface area (Å²) in [5.74, 6) is 0.961. The second kappa shape index (κ2) is 11.7. The third-order valence-electron chi connectivity index (χ3n) is 8.55. The third kappa shape index (κ3) is 6.72. The normalized spacial score (nSPS) is 15.1. The lowest BCUT2D eigenvalue weighted by atomic mass is 9.79. The van der Waals surface area contributed by atoms with Crippen LogP contribution >= 0.6 is 7.14 Å². The van der Waals surface area contributed by atoms with E-state index < -0.39 is 35.1 Å². The molecule has 0 spiro atoms. The van der Waals surface area contributed by atoms with Gasteiger partial charge in [0.05, 0.1) is 21.3 Å². The maximum Gasteiger partial charge on any atom is 0.586 e. The van der Waals surface area contributed by atoms with E-state index in [1.54, 1.807) is 14.2 Å². The van der Waals surface area contributed by atoms with E-state index in [-0.39, 0.29) is 22.6 Å². The summed E-state index contributed by atoms with van der Waals surface area (Å²) in [5.41, 5.74) is 1.93. The van der Waals surface area contributed by atoms with Crippen molar-refractivity contribution in [2.24, 2.45) is 0 Å². The Hall–Kier alpha value is -3.25. The van der Waals surface area contributed by atoms with Crippen LogP contribution in [-0.2, 0) is 26.2 Å². The van der Waals surface area contributed by atoms with Crippen LogP contribution in [0.1, 0.15) is 105 Å². The third-order valence-corrected chi connectivity index (χ3v) is 11.5. The Kier molecular flexibility index (Phi) is 9.12. The molecule has 0 amide bonds. The van der Waals surface area contributed by atoms with Crippen molar-refractivity contribution in [3.05, 3.63) is 58.7 Å². The summed E-state index contributed by atoms with van der Waals surface area (Å²) in [4.78, 5) is 0. The molecule has 0 bridgehead atoms. The monoisotopic (exact) mass is 672 g/mol. The van der Waals surface area contributed by atoms with Crippen LogP contribution in [0.4, 0.5) is 8.78 Å². The summed E-state index contributed by atoms with van der Waals surface area (Å²) in [6, 6.07) is 10.7. The number of benzene rings is 3. The lowest BCUT2D eigenvalue weighted by Gasteiger charge is -2.33. The van der Waals surface area contributed by atoms with Crippen LogP contribution in [0.25, 0.3) is 0 Å². The van der Waals surface area contributed by atoms with Crippen LogP contribution in [0.5, 0.6) is 28.7 Å². The minimum absolute atomic E-state index is 0.00361. The van der Waals surface area contributed by atoms with Crippen LogP contribution in [0, 0.1) is 0 Å². The quantitative estimate of drug-likeness (QED) is 0.244. The lowest BCUT2D eigenvalue weighted by molar-refractivity contribution is -0.287. The number of fused-ring (bicyclic) bond motifs is 1. The van der Waals surface area contributed by atoms with Gasteiger partial charge in [0, 0.05) is 38.2 Å². The van der Waals surface area contributed by atoms with E-state index in [1.807, 2.05) is 24.3 Å². The molecule has 0 aliphatic carbocycles. The SMILES string of the molecule is COc1cc(P(=O)(c2cc(C(C)(C)C)c(OC)c(C(C)(C)C)c2)c2cc(C(C)(C)C)c(OC)c(C(C)(C)C)c2)cc2c1OC(F)(F)O2. The van der Waals surface area contributed by atoms with Gasteiger partial charge in [0.25, 0.3) is 0 Å². The van der Waals surface area contributed by atoms with Crippen molar-refractivity contribution in [1.29, 1.82) is 0 Å². The second-order valence-electron chi connectivity index (χ2n) is 16.4. The van der Waals surface area contributed by atoms with Crippen molar-refractivity contribution >= 4 is 23.1 Å². The Bertz CT molecular complexity index is 1580.